The molecule has 0 fully saturated rings. The predicted molar refractivity (Wildman–Crippen MR) is 61.0 cm³/mol. The van der Waals surface area contributed by atoms with Crippen LogP contribution in [0.4, 0.5) is 4.79 Å². The molecule has 0 spiro atoms. The average Bonchev–Trinajstić information content (AvgIpc) is 2.24. The van der Waals surface area contributed by atoms with Gasteiger partial charge in [0.1, 0.15) is 6.61 Å². The summed E-state index contributed by atoms with van der Waals surface area (Å²) in [6.45, 7) is 4.52. The third-order valence-corrected chi connectivity index (χ3v) is 1.64. The van der Waals surface area contributed by atoms with Gasteiger partial charge in [0.15, 0.2) is 11.9 Å². The van der Waals surface area contributed by atoms with Crippen LogP contribution in [0.25, 0.3) is 0 Å². The van der Waals surface area contributed by atoms with Gasteiger partial charge in [-0.1, -0.05) is 11.6 Å². The van der Waals surface area contributed by atoms with E-state index in [1.54, 1.807) is 14.0 Å². The fourth-order valence-corrected chi connectivity index (χ4v) is 0.924. The summed E-state index contributed by atoms with van der Waals surface area (Å²) >= 11 is 5.42. The molecule has 0 aromatic rings. The molecule has 0 aromatic carbocycles. The van der Waals surface area contributed by atoms with Crippen molar-refractivity contribution in [1.29, 1.82) is 0 Å². The number of carbonyl (C=O) groups is 1. The van der Waals surface area contributed by atoms with Crippen molar-refractivity contribution in [2.45, 2.75) is 25.7 Å². The minimum absolute atomic E-state index is 0.0837. The summed E-state index contributed by atoms with van der Waals surface area (Å²) in [6.07, 6.45) is -1.19. The zero-order valence-electron chi connectivity index (χ0n) is 10.3. The summed E-state index contributed by atoms with van der Waals surface area (Å²) in [5.41, 5.74) is -0.709. The molecule has 0 aromatic heterocycles. The lowest BCUT2D eigenvalue weighted by molar-refractivity contribution is -0.143. The Morgan fingerprint density at radius 2 is 1.71 bits per heavy atom. The molecule has 0 aliphatic heterocycles. The van der Waals surface area contributed by atoms with Crippen molar-refractivity contribution in [2.24, 2.45) is 0 Å². The van der Waals surface area contributed by atoms with Gasteiger partial charge >= 0.3 is 6.16 Å². The lowest BCUT2D eigenvalue weighted by Crippen LogP contribution is -2.20. The van der Waals surface area contributed by atoms with Crippen molar-refractivity contribution in [3.05, 3.63) is 0 Å². The second-order valence-electron chi connectivity index (χ2n) is 3.06. The summed E-state index contributed by atoms with van der Waals surface area (Å²) in [6, 6.07) is 0. The Morgan fingerprint density at radius 3 is 2.24 bits per heavy atom. The summed E-state index contributed by atoms with van der Waals surface area (Å²) < 4.78 is 24.4. The number of hydrogen-bond acceptors (Lipinski definition) is 6. The lowest BCUT2D eigenvalue weighted by atomic mass is 10.7. The molecule has 0 saturated carbocycles. The SMILES string of the molecule is COCCOC(C)OCCOC(=O)OC(C)Cl. The Morgan fingerprint density at radius 1 is 1.12 bits per heavy atom. The maximum atomic E-state index is 10.9. The van der Waals surface area contributed by atoms with Crippen LogP contribution in [0, 0.1) is 0 Å². The number of ether oxygens (including phenoxy) is 5. The molecule has 6 nitrogen and oxygen atoms in total. The van der Waals surface area contributed by atoms with Crippen LogP contribution in [-0.2, 0) is 23.7 Å². The molecule has 0 saturated heterocycles. The Kier molecular flexibility index (Phi) is 10.2. The van der Waals surface area contributed by atoms with Gasteiger partial charge in [-0.15, -0.1) is 0 Å². The largest absolute Gasteiger partial charge is 0.509 e. The first kappa shape index (κ1) is 16.4. The Hall–Kier alpha value is -0.560. The van der Waals surface area contributed by atoms with Crippen LogP contribution in [0.1, 0.15) is 13.8 Å². The summed E-state index contributed by atoms with van der Waals surface area (Å²) in [7, 11) is 1.59. The fourth-order valence-electron chi connectivity index (χ4n) is 0.851. The van der Waals surface area contributed by atoms with Gasteiger partial charge in [-0.25, -0.2) is 4.79 Å². The van der Waals surface area contributed by atoms with E-state index in [9.17, 15) is 4.79 Å². The minimum atomic E-state index is -0.816. The highest BCUT2D eigenvalue weighted by Crippen LogP contribution is 1.99. The molecule has 0 amide bonds. The van der Waals surface area contributed by atoms with Gasteiger partial charge in [-0.3, -0.25) is 0 Å². The van der Waals surface area contributed by atoms with E-state index in [4.69, 9.17) is 25.8 Å². The fraction of sp³-hybridized carbons (Fsp3) is 0.900. The van der Waals surface area contributed by atoms with Crippen molar-refractivity contribution in [2.75, 3.05) is 33.5 Å². The van der Waals surface area contributed by atoms with Crippen LogP contribution in [0.2, 0.25) is 0 Å². The molecule has 0 rings (SSSR count). The van der Waals surface area contributed by atoms with Gasteiger partial charge in [0.05, 0.1) is 19.8 Å². The number of rotatable bonds is 9. The highest BCUT2D eigenvalue weighted by molar-refractivity contribution is 6.19. The smallest absolute Gasteiger partial charge is 0.432 e. The van der Waals surface area contributed by atoms with Gasteiger partial charge in [-0.2, -0.15) is 0 Å². The topological polar surface area (TPSA) is 63.2 Å². The maximum absolute atomic E-state index is 10.9. The predicted octanol–water partition coefficient (Wildman–Crippen LogP) is 1.75. The Bertz CT molecular complexity index is 199. The van der Waals surface area contributed by atoms with Crippen LogP contribution in [0.3, 0.4) is 0 Å². The van der Waals surface area contributed by atoms with Gasteiger partial charge < -0.3 is 23.7 Å². The Labute approximate surface area is 106 Å². The van der Waals surface area contributed by atoms with Gasteiger partial charge in [0.25, 0.3) is 0 Å². The molecule has 2 atom stereocenters. The van der Waals surface area contributed by atoms with E-state index in [2.05, 4.69) is 9.47 Å². The van der Waals surface area contributed by atoms with Gasteiger partial charge in [0, 0.05) is 7.11 Å². The standard InChI is InChI=1S/C10H19ClO6/c1-8(11)17-10(12)16-7-6-15-9(2)14-5-4-13-3/h8-9H,4-7H2,1-3H3. The quantitative estimate of drug-likeness (QED) is 0.275. The van der Waals surface area contributed by atoms with Gasteiger partial charge in [-0.05, 0) is 13.8 Å². The third-order valence-electron chi connectivity index (χ3n) is 1.55. The van der Waals surface area contributed by atoms with Crippen molar-refractivity contribution in [3.63, 3.8) is 0 Å². The molecule has 0 aliphatic rings. The zero-order chi connectivity index (χ0) is 13.1. The second-order valence-corrected chi connectivity index (χ2v) is 3.68. The number of carbonyl (C=O) groups excluding carboxylic acids is 1. The van der Waals surface area contributed by atoms with E-state index in [0.29, 0.717) is 13.2 Å². The Balaban J connectivity index is 3.35. The summed E-state index contributed by atoms with van der Waals surface area (Å²) in [5, 5.41) is 0. The van der Waals surface area contributed by atoms with Crippen molar-refractivity contribution in [1.82, 2.24) is 0 Å². The monoisotopic (exact) mass is 270 g/mol. The number of alkyl halides is 1. The molecular weight excluding hydrogens is 252 g/mol. The molecule has 102 valence electrons. The number of methoxy groups -OCH3 is 1. The zero-order valence-corrected chi connectivity index (χ0v) is 11.1. The first-order valence-corrected chi connectivity index (χ1v) is 5.69. The number of hydrogen-bond donors (Lipinski definition) is 0. The second kappa shape index (κ2) is 10.6. The maximum Gasteiger partial charge on any atom is 0.509 e. The average molecular weight is 271 g/mol. The van der Waals surface area contributed by atoms with Crippen LogP contribution < -0.4 is 0 Å². The van der Waals surface area contributed by atoms with Gasteiger partial charge in [0.2, 0.25) is 0 Å². The molecule has 0 radical (unpaired) electrons. The first-order chi connectivity index (χ1) is 8.06. The lowest BCUT2D eigenvalue weighted by Gasteiger charge is -2.14. The van der Waals surface area contributed by atoms with Crippen LogP contribution in [-0.4, -0.2) is 51.5 Å². The molecule has 17 heavy (non-hydrogen) atoms. The highest BCUT2D eigenvalue weighted by atomic mass is 35.5. The van der Waals surface area contributed by atoms with Crippen LogP contribution >= 0.6 is 11.6 Å². The van der Waals surface area contributed by atoms with Crippen LogP contribution in [0.5, 0.6) is 0 Å². The highest BCUT2D eigenvalue weighted by Gasteiger charge is 2.08. The molecule has 2 unspecified atom stereocenters. The molecule has 0 N–H and O–H groups in total. The van der Waals surface area contributed by atoms with E-state index < -0.39 is 11.7 Å². The molecule has 7 heteroatoms. The molecule has 0 heterocycles. The molecular formula is C10H19ClO6. The van der Waals surface area contributed by atoms with E-state index in [1.807, 2.05) is 0 Å². The summed E-state index contributed by atoms with van der Waals surface area (Å²) in [5.74, 6) is 0. The third kappa shape index (κ3) is 11.7. The van der Waals surface area contributed by atoms with E-state index in [-0.39, 0.29) is 19.5 Å². The van der Waals surface area contributed by atoms with Crippen molar-refractivity contribution < 1.29 is 28.5 Å². The van der Waals surface area contributed by atoms with Crippen molar-refractivity contribution >= 4 is 17.8 Å². The summed E-state index contributed by atoms with van der Waals surface area (Å²) in [4.78, 5) is 10.9. The first-order valence-electron chi connectivity index (χ1n) is 5.26. The normalized spacial score (nSPS) is 14.1. The molecule has 0 aliphatic carbocycles. The molecule has 0 bridgehead atoms. The van der Waals surface area contributed by atoms with Crippen LogP contribution in [0.15, 0.2) is 0 Å². The van der Waals surface area contributed by atoms with E-state index in [0.717, 1.165) is 0 Å². The minimum Gasteiger partial charge on any atom is -0.432 e. The van der Waals surface area contributed by atoms with E-state index >= 15 is 0 Å². The van der Waals surface area contributed by atoms with E-state index in [1.165, 1.54) is 6.92 Å². The number of halogens is 1. The van der Waals surface area contributed by atoms with Crippen molar-refractivity contribution in [3.8, 4) is 0 Å².